The van der Waals surface area contributed by atoms with Crippen molar-refractivity contribution in [1.29, 1.82) is 0 Å². The highest BCUT2D eigenvalue weighted by Crippen LogP contribution is 2.38. The van der Waals surface area contributed by atoms with Gasteiger partial charge in [-0.3, -0.25) is 4.79 Å². The molecule has 5 heteroatoms. The number of amides is 1. The summed E-state index contributed by atoms with van der Waals surface area (Å²) in [7, 11) is 0. The maximum Gasteiger partial charge on any atom is 0.224 e. The normalized spacial score (nSPS) is 16.2. The van der Waals surface area contributed by atoms with Gasteiger partial charge in [0.2, 0.25) is 5.91 Å². The number of ether oxygens (including phenoxy) is 2. The summed E-state index contributed by atoms with van der Waals surface area (Å²) in [5.74, 6) is 1.43. The first-order valence-corrected chi connectivity index (χ1v) is 7.51. The number of aliphatic hydroxyl groups is 1. The topological polar surface area (TPSA) is 67.8 Å². The fourth-order valence-corrected chi connectivity index (χ4v) is 2.42. The molecule has 0 aromatic heterocycles. The van der Waals surface area contributed by atoms with Gasteiger partial charge in [-0.05, 0) is 32.8 Å². The van der Waals surface area contributed by atoms with Crippen LogP contribution in [0.5, 0.6) is 11.5 Å². The molecule has 1 aromatic rings. The van der Waals surface area contributed by atoms with Gasteiger partial charge in [-0.15, -0.1) is 0 Å². The monoisotopic (exact) mass is 293 g/mol. The van der Waals surface area contributed by atoms with Crippen molar-refractivity contribution >= 4 is 11.6 Å². The molecular formula is C16H23NO4. The van der Waals surface area contributed by atoms with Gasteiger partial charge in [0.1, 0.15) is 17.6 Å². The van der Waals surface area contributed by atoms with E-state index >= 15 is 0 Å². The van der Waals surface area contributed by atoms with Gasteiger partial charge in [-0.25, -0.2) is 0 Å². The minimum absolute atomic E-state index is 0.0737. The number of nitrogens with one attached hydrogen (secondary N) is 1. The zero-order valence-electron chi connectivity index (χ0n) is 12.6. The van der Waals surface area contributed by atoms with Crippen molar-refractivity contribution in [3.8, 4) is 11.5 Å². The van der Waals surface area contributed by atoms with E-state index in [4.69, 9.17) is 14.6 Å². The lowest BCUT2D eigenvalue weighted by molar-refractivity contribution is -0.116. The number of carbonyl (C=O) groups is 1. The van der Waals surface area contributed by atoms with Crippen LogP contribution in [-0.2, 0) is 11.2 Å². The van der Waals surface area contributed by atoms with E-state index in [-0.39, 0.29) is 18.6 Å². The molecule has 1 heterocycles. The Morgan fingerprint density at radius 2 is 2.29 bits per heavy atom. The van der Waals surface area contributed by atoms with Crippen LogP contribution in [0.3, 0.4) is 0 Å². The number of anilines is 1. The van der Waals surface area contributed by atoms with Crippen LogP contribution in [0.1, 0.15) is 38.7 Å². The van der Waals surface area contributed by atoms with Crippen molar-refractivity contribution < 1.29 is 19.4 Å². The van der Waals surface area contributed by atoms with Gasteiger partial charge in [0.05, 0.1) is 12.3 Å². The van der Waals surface area contributed by atoms with E-state index < -0.39 is 0 Å². The Morgan fingerprint density at radius 3 is 3.00 bits per heavy atom. The Bertz CT molecular complexity index is 501. The van der Waals surface area contributed by atoms with Gasteiger partial charge in [-0.1, -0.05) is 0 Å². The summed E-state index contributed by atoms with van der Waals surface area (Å²) in [5, 5.41) is 11.6. The van der Waals surface area contributed by atoms with Crippen LogP contribution in [0, 0.1) is 0 Å². The Labute approximate surface area is 125 Å². The average molecular weight is 293 g/mol. The number of fused-ring (bicyclic) bond motifs is 1. The smallest absolute Gasteiger partial charge is 0.224 e. The third-order valence-corrected chi connectivity index (χ3v) is 3.38. The van der Waals surface area contributed by atoms with Crippen LogP contribution in [0.4, 0.5) is 5.69 Å². The SMILES string of the molecule is CCOc1cc2c(cc1NC(=O)CCCCO)OC(C)C2. The van der Waals surface area contributed by atoms with Crippen LogP contribution < -0.4 is 14.8 Å². The number of hydrogen-bond donors (Lipinski definition) is 2. The van der Waals surface area contributed by atoms with Crippen molar-refractivity contribution in [3.05, 3.63) is 17.7 Å². The van der Waals surface area contributed by atoms with Crippen molar-refractivity contribution in [3.63, 3.8) is 0 Å². The van der Waals surface area contributed by atoms with Crippen molar-refractivity contribution in [2.75, 3.05) is 18.5 Å². The molecule has 2 N–H and O–H groups in total. The molecule has 2 rings (SSSR count). The molecule has 1 aliphatic heterocycles. The van der Waals surface area contributed by atoms with Gasteiger partial charge in [0.15, 0.2) is 0 Å². The third kappa shape index (κ3) is 4.11. The molecule has 0 radical (unpaired) electrons. The van der Waals surface area contributed by atoms with Crippen LogP contribution in [0.15, 0.2) is 12.1 Å². The average Bonchev–Trinajstić information content (AvgIpc) is 2.79. The summed E-state index contributed by atoms with van der Waals surface area (Å²) >= 11 is 0. The fraction of sp³-hybridized carbons (Fsp3) is 0.562. The Balaban J connectivity index is 2.10. The fourth-order valence-electron chi connectivity index (χ4n) is 2.42. The number of carbonyl (C=O) groups excluding carboxylic acids is 1. The maximum atomic E-state index is 11.9. The molecule has 0 bridgehead atoms. The molecule has 0 saturated carbocycles. The summed E-state index contributed by atoms with van der Waals surface area (Å²) in [6.07, 6.45) is 2.71. The molecule has 116 valence electrons. The summed E-state index contributed by atoms with van der Waals surface area (Å²) in [5.41, 5.74) is 1.77. The summed E-state index contributed by atoms with van der Waals surface area (Å²) in [6.45, 7) is 4.59. The van der Waals surface area contributed by atoms with E-state index in [0.717, 1.165) is 17.7 Å². The van der Waals surface area contributed by atoms with Gasteiger partial charge < -0.3 is 19.9 Å². The maximum absolute atomic E-state index is 11.9. The van der Waals surface area contributed by atoms with Crippen LogP contribution >= 0.6 is 0 Å². The van der Waals surface area contributed by atoms with Gasteiger partial charge in [-0.2, -0.15) is 0 Å². The highest BCUT2D eigenvalue weighted by Gasteiger charge is 2.22. The van der Waals surface area contributed by atoms with Crippen molar-refractivity contribution in [2.24, 2.45) is 0 Å². The number of unbranched alkanes of at least 4 members (excludes halogenated alkanes) is 1. The second kappa shape index (κ2) is 7.31. The minimum Gasteiger partial charge on any atom is -0.492 e. The molecule has 21 heavy (non-hydrogen) atoms. The third-order valence-electron chi connectivity index (χ3n) is 3.38. The predicted octanol–water partition coefficient (Wildman–Crippen LogP) is 2.51. The Kier molecular flexibility index (Phi) is 5.44. The highest BCUT2D eigenvalue weighted by atomic mass is 16.5. The quantitative estimate of drug-likeness (QED) is 0.758. The lowest BCUT2D eigenvalue weighted by atomic mass is 10.1. The Hall–Kier alpha value is -1.75. The van der Waals surface area contributed by atoms with Gasteiger partial charge >= 0.3 is 0 Å². The highest BCUT2D eigenvalue weighted by molar-refractivity contribution is 5.92. The standard InChI is InChI=1S/C16H23NO4/c1-3-20-15-9-12-8-11(2)21-14(12)10-13(15)17-16(19)6-4-5-7-18/h9-11,18H,3-8H2,1-2H3,(H,17,19). The van der Waals surface area contributed by atoms with E-state index in [0.29, 0.717) is 37.3 Å². The van der Waals surface area contributed by atoms with E-state index in [2.05, 4.69) is 5.32 Å². The van der Waals surface area contributed by atoms with Gasteiger partial charge in [0.25, 0.3) is 0 Å². The van der Waals surface area contributed by atoms with Crippen LogP contribution in [0.2, 0.25) is 0 Å². The molecule has 5 nitrogen and oxygen atoms in total. The van der Waals surface area contributed by atoms with Crippen molar-refractivity contribution in [1.82, 2.24) is 0 Å². The number of rotatable bonds is 7. The summed E-state index contributed by atoms with van der Waals surface area (Å²) in [6, 6.07) is 3.79. The zero-order valence-corrected chi connectivity index (χ0v) is 12.6. The molecule has 1 atom stereocenters. The van der Waals surface area contributed by atoms with Crippen LogP contribution in [0.25, 0.3) is 0 Å². The second-order valence-electron chi connectivity index (χ2n) is 5.25. The molecule has 0 fully saturated rings. The zero-order chi connectivity index (χ0) is 15.2. The molecule has 1 aromatic carbocycles. The first kappa shape index (κ1) is 15.6. The van der Waals surface area contributed by atoms with E-state index in [1.165, 1.54) is 0 Å². The molecule has 1 aliphatic rings. The molecular weight excluding hydrogens is 270 g/mol. The predicted molar refractivity (Wildman–Crippen MR) is 81.0 cm³/mol. The number of aliphatic hydroxyl groups excluding tert-OH is 1. The number of hydrogen-bond acceptors (Lipinski definition) is 4. The molecule has 1 unspecified atom stereocenters. The first-order valence-electron chi connectivity index (χ1n) is 7.51. The molecule has 0 spiro atoms. The summed E-state index contributed by atoms with van der Waals surface area (Å²) in [4.78, 5) is 11.9. The van der Waals surface area contributed by atoms with E-state index in [1.54, 1.807) is 0 Å². The lowest BCUT2D eigenvalue weighted by Gasteiger charge is -2.13. The Morgan fingerprint density at radius 1 is 1.48 bits per heavy atom. The lowest BCUT2D eigenvalue weighted by Crippen LogP contribution is -2.12. The van der Waals surface area contributed by atoms with Crippen LogP contribution in [-0.4, -0.2) is 30.3 Å². The van der Waals surface area contributed by atoms with E-state index in [1.807, 2.05) is 26.0 Å². The largest absolute Gasteiger partial charge is 0.492 e. The minimum atomic E-state index is -0.0737. The second-order valence-corrected chi connectivity index (χ2v) is 5.25. The number of benzene rings is 1. The molecule has 0 aliphatic carbocycles. The molecule has 1 amide bonds. The summed E-state index contributed by atoms with van der Waals surface area (Å²) < 4.78 is 11.3. The molecule has 0 saturated heterocycles. The van der Waals surface area contributed by atoms with Gasteiger partial charge in [0, 0.05) is 31.1 Å². The van der Waals surface area contributed by atoms with E-state index in [9.17, 15) is 4.79 Å². The van der Waals surface area contributed by atoms with Crippen molar-refractivity contribution in [2.45, 2.75) is 45.6 Å². The first-order chi connectivity index (χ1) is 10.1.